The van der Waals surface area contributed by atoms with E-state index in [0.29, 0.717) is 43.9 Å². The number of aromatic nitrogens is 2. The van der Waals surface area contributed by atoms with Crippen LogP contribution in [-0.4, -0.2) is 48.0 Å². The zero-order chi connectivity index (χ0) is 26.1. The van der Waals surface area contributed by atoms with Crippen molar-refractivity contribution in [3.8, 4) is 0 Å². The van der Waals surface area contributed by atoms with Crippen LogP contribution >= 0.6 is 11.6 Å². The summed E-state index contributed by atoms with van der Waals surface area (Å²) in [6, 6.07) is 4.51. The minimum Gasteiger partial charge on any atom is -0.462 e. The van der Waals surface area contributed by atoms with Crippen molar-refractivity contribution in [2.24, 2.45) is 11.3 Å². The number of hydrogen-bond acceptors (Lipinski definition) is 5. The average molecular weight is 520 g/mol. The summed E-state index contributed by atoms with van der Waals surface area (Å²) in [5.74, 6) is -0.670. The number of rotatable bonds is 7. The highest BCUT2D eigenvalue weighted by molar-refractivity contribution is 6.33. The Bertz CT molecular complexity index is 1130. The highest BCUT2D eigenvalue weighted by atomic mass is 35.5. The first-order valence-corrected chi connectivity index (χ1v) is 13.0. The van der Waals surface area contributed by atoms with Crippen LogP contribution < -0.4 is 5.32 Å². The third-order valence-corrected chi connectivity index (χ3v) is 7.58. The van der Waals surface area contributed by atoms with Crippen molar-refractivity contribution in [1.82, 2.24) is 15.1 Å². The molecule has 0 radical (unpaired) electrons. The SMILES string of the molecule is CCc1nn(C[C@@H](C)COC(=O)c2ccc(C(C)(C)F)cc2Cl)c2c1C(=O)NCC1(CCOCC1)C2. The molecule has 2 aliphatic rings. The van der Waals surface area contributed by atoms with Crippen LogP contribution in [0.1, 0.15) is 78.2 Å². The summed E-state index contributed by atoms with van der Waals surface area (Å²) in [5, 5.41) is 8.07. The van der Waals surface area contributed by atoms with Gasteiger partial charge in [-0.25, -0.2) is 9.18 Å². The van der Waals surface area contributed by atoms with Crippen molar-refractivity contribution in [3.63, 3.8) is 0 Å². The number of benzene rings is 1. The average Bonchev–Trinajstić information content (AvgIpc) is 3.10. The molecule has 1 spiro atoms. The van der Waals surface area contributed by atoms with Gasteiger partial charge in [-0.1, -0.05) is 31.5 Å². The molecule has 1 fully saturated rings. The molecule has 1 N–H and O–H groups in total. The topological polar surface area (TPSA) is 82.5 Å². The lowest BCUT2D eigenvalue weighted by Gasteiger charge is -2.36. The Morgan fingerprint density at radius 3 is 2.72 bits per heavy atom. The number of carbonyl (C=O) groups excluding carboxylic acids is 2. The van der Waals surface area contributed by atoms with Crippen LogP contribution in [0.3, 0.4) is 0 Å². The number of aryl methyl sites for hydroxylation is 1. The second-order valence-corrected chi connectivity index (χ2v) is 11.1. The van der Waals surface area contributed by atoms with E-state index in [0.717, 1.165) is 30.7 Å². The van der Waals surface area contributed by atoms with E-state index in [1.165, 1.54) is 26.0 Å². The summed E-state index contributed by atoms with van der Waals surface area (Å²) >= 11 is 6.25. The summed E-state index contributed by atoms with van der Waals surface area (Å²) in [6.45, 7) is 9.54. The molecule has 0 bridgehead atoms. The smallest absolute Gasteiger partial charge is 0.339 e. The van der Waals surface area contributed by atoms with Gasteiger partial charge in [-0.15, -0.1) is 0 Å². The predicted octanol–water partition coefficient (Wildman–Crippen LogP) is 4.88. The van der Waals surface area contributed by atoms with E-state index < -0.39 is 11.6 Å². The number of nitrogens with zero attached hydrogens (tertiary/aromatic N) is 2. The quantitative estimate of drug-likeness (QED) is 0.527. The largest absolute Gasteiger partial charge is 0.462 e. The lowest BCUT2D eigenvalue weighted by atomic mass is 9.76. The van der Waals surface area contributed by atoms with Gasteiger partial charge in [-0.3, -0.25) is 9.48 Å². The first kappa shape index (κ1) is 26.6. The molecule has 3 heterocycles. The Kier molecular flexibility index (Phi) is 7.76. The Morgan fingerprint density at radius 1 is 1.36 bits per heavy atom. The van der Waals surface area contributed by atoms with Gasteiger partial charge in [0.2, 0.25) is 0 Å². The highest BCUT2D eigenvalue weighted by Gasteiger charge is 2.39. The number of alkyl halides is 1. The molecule has 1 saturated heterocycles. The lowest BCUT2D eigenvalue weighted by molar-refractivity contribution is 0.0151. The fourth-order valence-electron chi connectivity index (χ4n) is 5.02. The Morgan fingerprint density at radius 2 is 2.08 bits per heavy atom. The fourth-order valence-corrected chi connectivity index (χ4v) is 5.28. The summed E-state index contributed by atoms with van der Waals surface area (Å²) < 4.78 is 27.3. The monoisotopic (exact) mass is 519 g/mol. The molecular formula is C27H35ClFN3O4. The van der Waals surface area contributed by atoms with Crippen LogP contribution in [-0.2, 0) is 34.5 Å². The van der Waals surface area contributed by atoms with Gasteiger partial charge >= 0.3 is 5.97 Å². The normalized spacial score (nSPS) is 18.3. The summed E-state index contributed by atoms with van der Waals surface area (Å²) in [4.78, 5) is 25.7. The molecule has 2 aliphatic heterocycles. The first-order valence-electron chi connectivity index (χ1n) is 12.6. The summed E-state index contributed by atoms with van der Waals surface area (Å²) in [7, 11) is 0. The van der Waals surface area contributed by atoms with E-state index in [9.17, 15) is 14.0 Å². The van der Waals surface area contributed by atoms with Crippen LogP contribution in [0.5, 0.6) is 0 Å². The highest BCUT2D eigenvalue weighted by Crippen LogP contribution is 2.37. The van der Waals surface area contributed by atoms with Crippen LogP contribution in [0, 0.1) is 11.3 Å². The van der Waals surface area contributed by atoms with E-state index in [-0.39, 0.29) is 34.4 Å². The van der Waals surface area contributed by atoms with Crippen molar-refractivity contribution in [2.45, 2.75) is 65.6 Å². The number of carbonyl (C=O) groups is 2. The number of fused-ring (bicyclic) bond motifs is 1. The molecule has 2 aromatic rings. The van der Waals surface area contributed by atoms with Crippen molar-refractivity contribution in [3.05, 3.63) is 51.3 Å². The predicted molar refractivity (Wildman–Crippen MR) is 135 cm³/mol. The van der Waals surface area contributed by atoms with Gasteiger partial charge < -0.3 is 14.8 Å². The standard InChI is InChI=1S/C27H35ClFN3O4/c1-5-21-23-22(13-27(16-30-24(23)33)8-10-35-11-9-27)32(31-21)14-17(2)15-36-25(34)19-7-6-18(12-20(19)28)26(3,4)29/h6-7,12,17H,5,8-11,13-16H2,1-4H3,(H,30,33)/t17-/m1/s1. The number of ether oxygens (including phenoxy) is 2. The van der Waals surface area contributed by atoms with Crippen molar-refractivity contribution < 1.29 is 23.5 Å². The maximum absolute atomic E-state index is 14.2. The third-order valence-electron chi connectivity index (χ3n) is 7.27. The van der Waals surface area contributed by atoms with Crippen LogP contribution in [0.15, 0.2) is 18.2 Å². The minimum absolute atomic E-state index is 0.0330. The molecule has 0 saturated carbocycles. The molecule has 4 rings (SSSR count). The number of nitrogens with one attached hydrogen (secondary N) is 1. The van der Waals surface area contributed by atoms with E-state index in [1.807, 2.05) is 18.5 Å². The van der Waals surface area contributed by atoms with Crippen molar-refractivity contribution in [2.75, 3.05) is 26.4 Å². The molecule has 196 valence electrons. The van der Waals surface area contributed by atoms with E-state index in [2.05, 4.69) is 5.32 Å². The third kappa shape index (κ3) is 5.59. The lowest BCUT2D eigenvalue weighted by Crippen LogP contribution is -2.41. The van der Waals surface area contributed by atoms with Crippen LogP contribution in [0.4, 0.5) is 4.39 Å². The summed E-state index contributed by atoms with van der Waals surface area (Å²) in [5.41, 5.74) is 1.45. The van der Waals surface area contributed by atoms with E-state index >= 15 is 0 Å². The number of halogens is 2. The van der Waals surface area contributed by atoms with Gasteiger partial charge in [0, 0.05) is 32.2 Å². The Balaban J connectivity index is 1.47. The van der Waals surface area contributed by atoms with Crippen molar-refractivity contribution in [1.29, 1.82) is 0 Å². The maximum Gasteiger partial charge on any atom is 0.339 e. The van der Waals surface area contributed by atoms with Gasteiger partial charge in [-0.2, -0.15) is 5.10 Å². The Labute approximate surface area is 216 Å². The number of esters is 1. The molecule has 0 unspecified atom stereocenters. The molecular weight excluding hydrogens is 485 g/mol. The fraction of sp³-hybridized carbons (Fsp3) is 0.593. The van der Waals surface area contributed by atoms with Gasteiger partial charge in [-0.05, 0) is 62.6 Å². The Hall–Kier alpha value is -2.45. The second-order valence-electron chi connectivity index (χ2n) is 10.6. The molecule has 36 heavy (non-hydrogen) atoms. The molecule has 1 amide bonds. The first-order chi connectivity index (χ1) is 17.0. The second kappa shape index (κ2) is 10.5. The molecule has 1 atom stereocenters. The molecule has 7 nitrogen and oxygen atoms in total. The maximum atomic E-state index is 14.2. The van der Waals surface area contributed by atoms with Crippen molar-refractivity contribution >= 4 is 23.5 Å². The molecule has 1 aromatic heterocycles. The molecule has 1 aromatic carbocycles. The van der Waals surface area contributed by atoms with Crippen LogP contribution in [0.25, 0.3) is 0 Å². The van der Waals surface area contributed by atoms with Gasteiger partial charge in [0.25, 0.3) is 5.91 Å². The molecule has 0 aliphatic carbocycles. The minimum atomic E-state index is -1.56. The van der Waals surface area contributed by atoms with Crippen LogP contribution in [0.2, 0.25) is 5.02 Å². The van der Waals surface area contributed by atoms with Gasteiger partial charge in [0.15, 0.2) is 0 Å². The zero-order valence-electron chi connectivity index (χ0n) is 21.5. The number of amides is 1. The zero-order valence-corrected chi connectivity index (χ0v) is 22.2. The van der Waals surface area contributed by atoms with Gasteiger partial charge in [0.1, 0.15) is 5.67 Å². The van der Waals surface area contributed by atoms with E-state index in [4.69, 9.17) is 26.2 Å². The number of hydrogen-bond donors (Lipinski definition) is 1. The van der Waals surface area contributed by atoms with E-state index in [1.54, 1.807) is 6.07 Å². The van der Waals surface area contributed by atoms with Gasteiger partial charge in [0.05, 0.1) is 34.1 Å². The molecule has 9 heteroatoms. The summed E-state index contributed by atoms with van der Waals surface area (Å²) in [6.07, 6.45) is 3.21.